The lowest BCUT2D eigenvalue weighted by Crippen LogP contribution is -2.17. The van der Waals surface area contributed by atoms with Crippen LogP contribution in [0.1, 0.15) is 27.2 Å². The van der Waals surface area contributed by atoms with Gasteiger partial charge in [0.15, 0.2) is 0 Å². The lowest BCUT2D eigenvalue weighted by molar-refractivity contribution is -0.124. The molecule has 2 amide bonds. The number of carbonyl (C=O) groups excluding carboxylic acids is 2. The Morgan fingerprint density at radius 3 is 2.83 bits per heavy atom. The van der Waals surface area contributed by atoms with E-state index in [1.165, 1.54) is 17.8 Å². The summed E-state index contributed by atoms with van der Waals surface area (Å²) in [6.45, 7) is 1.85. The highest BCUT2D eigenvalue weighted by atomic mass is 16.5. The molecule has 1 aromatic carbocycles. The van der Waals surface area contributed by atoms with Crippen LogP contribution in [0.2, 0.25) is 0 Å². The maximum atomic E-state index is 12.1. The van der Waals surface area contributed by atoms with Crippen molar-refractivity contribution >= 4 is 24.1 Å². The third kappa shape index (κ3) is 4.85. The normalized spacial score (nSPS) is 10.9. The summed E-state index contributed by atoms with van der Waals surface area (Å²) < 4.78 is 0. The van der Waals surface area contributed by atoms with Crippen molar-refractivity contribution in [3.8, 4) is 0 Å². The quantitative estimate of drug-likeness (QED) is 0.337. The van der Waals surface area contributed by atoms with Gasteiger partial charge in [0, 0.05) is 29.1 Å². The molecule has 7 heteroatoms. The minimum Gasteiger partial charge on any atom is -0.288 e. The number of amides is 2. The number of hydrogen-bond donors (Lipinski definition) is 3. The van der Waals surface area contributed by atoms with Crippen LogP contribution in [-0.2, 0) is 4.79 Å². The number of rotatable bonds is 5. The van der Waals surface area contributed by atoms with Gasteiger partial charge in [-0.15, -0.1) is 0 Å². The molecule has 1 heterocycles. The zero-order valence-corrected chi connectivity index (χ0v) is 12.9. The van der Waals surface area contributed by atoms with E-state index in [-0.39, 0.29) is 5.91 Å². The summed E-state index contributed by atoms with van der Waals surface area (Å²) in [6, 6.07) is 10.3. The molecule has 2 rings (SSSR count). The molecule has 0 spiro atoms. The van der Waals surface area contributed by atoms with Gasteiger partial charge in [0.25, 0.3) is 11.8 Å². The molecule has 0 aliphatic carbocycles. The van der Waals surface area contributed by atoms with Gasteiger partial charge in [0.2, 0.25) is 0 Å². The Labute approximate surface area is 138 Å². The molecule has 0 bridgehead atoms. The number of aromatic nitrogens is 1. The number of pyridine rings is 1. The van der Waals surface area contributed by atoms with E-state index in [2.05, 4.69) is 15.5 Å². The fourth-order valence-corrected chi connectivity index (χ4v) is 1.85. The zero-order chi connectivity index (χ0) is 17.4. The van der Waals surface area contributed by atoms with E-state index in [4.69, 9.17) is 5.21 Å². The first-order valence-corrected chi connectivity index (χ1v) is 7.07. The number of aryl methyl sites for hydroxylation is 1. The largest absolute Gasteiger partial charge is 0.288 e. The van der Waals surface area contributed by atoms with Gasteiger partial charge in [0.05, 0.1) is 6.21 Å². The Morgan fingerprint density at radius 2 is 2.08 bits per heavy atom. The van der Waals surface area contributed by atoms with Crippen molar-refractivity contribution < 1.29 is 14.8 Å². The molecular formula is C17H16N4O3. The minimum atomic E-state index is -0.652. The SMILES string of the molecule is Cc1ncccc1/C=N/NC(=O)c1cccc(/C=C/C(=O)NO)c1. The topological polar surface area (TPSA) is 104 Å². The molecule has 3 N–H and O–H groups in total. The fraction of sp³-hybridized carbons (Fsp3) is 0.0588. The first kappa shape index (κ1) is 17.0. The third-order valence-electron chi connectivity index (χ3n) is 3.10. The van der Waals surface area contributed by atoms with Crippen LogP contribution < -0.4 is 10.9 Å². The molecule has 2 aromatic rings. The van der Waals surface area contributed by atoms with E-state index in [9.17, 15) is 9.59 Å². The maximum Gasteiger partial charge on any atom is 0.271 e. The number of benzene rings is 1. The molecule has 122 valence electrons. The molecule has 0 aliphatic heterocycles. The van der Waals surface area contributed by atoms with Crippen LogP contribution in [0.4, 0.5) is 0 Å². The van der Waals surface area contributed by atoms with E-state index < -0.39 is 5.91 Å². The summed E-state index contributed by atoms with van der Waals surface area (Å²) >= 11 is 0. The Hall–Kier alpha value is -3.32. The first-order valence-electron chi connectivity index (χ1n) is 7.07. The van der Waals surface area contributed by atoms with Crippen LogP contribution in [0.15, 0.2) is 53.8 Å². The Bertz CT molecular complexity index is 800. The number of carbonyl (C=O) groups is 2. The highest BCUT2D eigenvalue weighted by Crippen LogP contribution is 2.07. The summed E-state index contributed by atoms with van der Waals surface area (Å²) in [6.07, 6.45) is 5.84. The smallest absolute Gasteiger partial charge is 0.271 e. The van der Waals surface area contributed by atoms with Crippen molar-refractivity contribution in [1.29, 1.82) is 0 Å². The number of hydrazone groups is 1. The van der Waals surface area contributed by atoms with Gasteiger partial charge in [-0.1, -0.05) is 18.2 Å². The van der Waals surface area contributed by atoms with Crippen molar-refractivity contribution in [2.45, 2.75) is 6.92 Å². The van der Waals surface area contributed by atoms with Gasteiger partial charge in [-0.2, -0.15) is 5.10 Å². The van der Waals surface area contributed by atoms with Gasteiger partial charge in [0.1, 0.15) is 0 Å². The number of nitrogens with zero attached hydrogens (tertiary/aromatic N) is 2. The van der Waals surface area contributed by atoms with Gasteiger partial charge in [-0.25, -0.2) is 10.9 Å². The summed E-state index contributed by atoms with van der Waals surface area (Å²) in [7, 11) is 0. The minimum absolute atomic E-state index is 0.380. The van der Waals surface area contributed by atoms with E-state index >= 15 is 0 Å². The van der Waals surface area contributed by atoms with Crippen LogP contribution in [-0.4, -0.2) is 28.2 Å². The number of hydroxylamine groups is 1. The molecule has 24 heavy (non-hydrogen) atoms. The average molecular weight is 324 g/mol. The Kier molecular flexibility index (Phi) is 5.93. The predicted octanol–water partition coefficient (Wildman–Crippen LogP) is 1.67. The fourth-order valence-electron chi connectivity index (χ4n) is 1.85. The van der Waals surface area contributed by atoms with Gasteiger partial charge < -0.3 is 0 Å². The van der Waals surface area contributed by atoms with Crippen molar-refractivity contribution in [2.24, 2.45) is 5.10 Å². The molecule has 0 atom stereocenters. The van der Waals surface area contributed by atoms with Gasteiger partial charge in [-0.05, 0) is 36.8 Å². The number of nitrogens with one attached hydrogen (secondary N) is 2. The van der Waals surface area contributed by atoms with E-state index in [1.807, 2.05) is 13.0 Å². The Balaban J connectivity index is 2.03. The average Bonchev–Trinajstić information content (AvgIpc) is 2.61. The first-order chi connectivity index (χ1) is 11.6. The second-order valence-corrected chi connectivity index (χ2v) is 4.81. The molecule has 1 aromatic heterocycles. The van der Waals surface area contributed by atoms with Crippen LogP contribution >= 0.6 is 0 Å². The molecule has 0 aliphatic rings. The molecule has 0 unspecified atom stereocenters. The molecule has 0 fully saturated rings. The Morgan fingerprint density at radius 1 is 1.25 bits per heavy atom. The highest BCUT2D eigenvalue weighted by molar-refractivity contribution is 5.96. The summed E-state index contributed by atoms with van der Waals surface area (Å²) in [5.74, 6) is -1.03. The van der Waals surface area contributed by atoms with Crippen LogP contribution in [0.25, 0.3) is 6.08 Å². The van der Waals surface area contributed by atoms with Crippen LogP contribution in [0, 0.1) is 6.92 Å². The second-order valence-electron chi connectivity index (χ2n) is 4.81. The summed E-state index contributed by atoms with van der Waals surface area (Å²) in [4.78, 5) is 27.2. The molecule has 0 saturated carbocycles. The van der Waals surface area contributed by atoms with Crippen molar-refractivity contribution in [3.05, 3.63) is 71.1 Å². The highest BCUT2D eigenvalue weighted by Gasteiger charge is 2.04. The monoisotopic (exact) mass is 324 g/mol. The van der Waals surface area contributed by atoms with Crippen LogP contribution in [0.5, 0.6) is 0 Å². The zero-order valence-electron chi connectivity index (χ0n) is 12.9. The lowest BCUT2D eigenvalue weighted by Gasteiger charge is -2.02. The van der Waals surface area contributed by atoms with Gasteiger partial charge in [-0.3, -0.25) is 19.8 Å². The lowest BCUT2D eigenvalue weighted by atomic mass is 10.1. The van der Waals surface area contributed by atoms with E-state index in [0.29, 0.717) is 11.1 Å². The second kappa shape index (κ2) is 8.35. The maximum absolute atomic E-state index is 12.1. The molecule has 7 nitrogen and oxygen atoms in total. The van der Waals surface area contributed by atoms with Crippen molar-refractivity contribution in [1.82, 2.24) is 15.9 Å². The van der Waals surface area contributed by atoms with E-state index in [0.717, 1.165) is 17.3 Å². The molecule has 0 saturated heterocycles. The number of hydrogen-bond acceptors (Lipinski definition) is 5. The molecule has 0 radical (unpaired) electrons. The van der Waals surface area contributed by atoms with E-state index in [1.54, 1.807) is 36.5 Å². The standard InChI is InChI=1S/C17H16N4O3/c1-12-15(6-3-9-18-12)11-19-20-17(23)14-5-2-4-13(10-14)7-8-16(22)21-24/h2-11,24H,1H3,(H,20,23)(H,21,22)/b8-7+,19-11+. The third-order valence-corrected chi connectivity index (χ3v) is 3.10. The van der Waals surface area contributed by atoms with Crippen molar-refractivity contribution in [2.75, 3.05) is 0 Å². The van der Waals surface area contributed by atoms with Crippen LogP contribution in [0.3, 0.4) is 0 Å². The predicted molar refractivity (Wildman–Crippen MR) is 89.4 cm³/mol. The van der Waals surface area contributed by atoms with Crippen molar-refractivity contribution in [3.63, 3.8) is 0 Å². The van der Waals surface area contributed by atoms with Gasteiger partial charge >= 0.3 is 0 Å². The summed E-state index contributed by atoms with van der Waals surface area (Å²) in [5.41, 5.74) is 6.58. The molecular weight excluding hydrogens is 308 g/mol. The summed E-state index contributed by atoms with van der Waals surface area (Å²) in [5, 5.41) is 12.3.